The molecule has 8 heteroatoms. The van der Waals surface area contributed by atoms with Gasteiger partial charge in [0, 0.05) is 42.0 Å². The molecule has 224 valence electrons. The maximum Gasteiger partial charge on any atom is 0.243 e. The molecule has 1 aliphatic heterocycles. The first kappa shape index (κ1) is 28.4. The Labute approximate surface area is 257 Å². The summed E-state index contributed by atoms with van der Waals surface area (Å²) >= 11 is 0. The number of ketones is 1. The van der Waals surface area contributed by atoms with E-state index < -0.39 is 27.4 Å². The van der Waals surface area contributed by atoms with E-state index in [2.05, 4.69) is 16.7 Å². The molecule has 0 saturated heterocycles. The molecule has 1 fully saturated rings. The fourth-order valence-electron chi connectivity index (χ4n) is 7.55. The van der Waals surface area contributed by atoms with E-state index in [0.29, 0.717) is 11.5 Å². The first-order valence-corrected chi connectivity index (χ1v) is 16.1. The lowest BCUT2D eigenvalue weighted by atomic mass is 9.63. The topological polar surface area (TPSA) is 77.8 Å². The first-order chi connectivity index (χ1) is 21.2. The van der Waals surface area contributed by atoms with Crippen LogP contribution >= 0.6 is 0 Å². The summed E-state index contributed by atoms with van der Waals surface area (Å²) in [6.07, 6.45) is 0.0798. The van der Waals surface area contributed by atoms with Crippen LogP contribution in [-0.4, -0.2) is 43.3 Å². The van der Waals surface area contributed by atoms with Crippen LogP contribution in [-0.2, 0) is 33.8 Å². The number of rotatable bonds is 6. The first-order valence-electron chi connectivity index (χ1n) is 14.7. The van der Waals surface area contributed by atoms with Gasteiger partial charge >= 0.3 is 0 Å². The number of carbonyl (C=O) groups excluding carboxylic acids is 1. The lowest BCUT2D eigenvalue weighted by Crippen LogP contribution is -2.49. The summed E-state index contributed by atoms with van der Waals surface area (Å²) < 4.78 is 43.6. The zero-order valence-corrected chi connectivity index (χ0v) is 26.0. The molecular formula is C36H34N2O5S. The van der Waals surface area contributed by atoms with Gasteiger partial charge in [-0.1, -0.05) is 60.2 Å². The number of para-hydroxylation sites is 1. The number of carbonyl (C=O) groups is 1. The average Bonchev–Trinajstić information content (AvgIpc) is 3.51. The molecule has 5 aromatic rings. The molecule has 1 aliphatic carbocycles. The number of ether oxygens (including phenoxy) is 2. The molecule has 4 aromatic carbocycles. The van der Waals surface area contributed by atoms with Crippen molar-refractivity contribution in [2.24, 2.45) is 7.05 Å². The third-order valence-electron chi connectivity index (χ3n) is 9.66. The van der Waals surface area contributed by atoms with Crippen molar-refractivity contribution in [2.45, 2.75) is 42.2 Å². The number of nitrogens with zero attached hydrogens (tertiary/aromatic N) is 2. The molecule has 7 nitrogen and oxygen atoms in total. The van der Waals surface area contributed by atoms with Gasteiger partial charge in [-0.25, -0.2) is 8.42 Å². The van der Waals surface area contributed by atoms with Crippen molar-refractivity contribution in [1.82, 2.24) is 8.87 Å². The molecule has 2 heterocycles. The number of Topliss-reactive ketones (excluding diaryl/α,β-unsaturated/α-hetero) is 1. The quantitative estimate of drug-likeness (QED) is 0.233. The van der Waals surface area contributed by atoms with E-state index in [1.165, 1.54) is 0 Å². The van der Waals surface area contributed by atoms with Gasteiger partial charge in [-0.2, -0.15) is 4.31 Å². The van der Waals surface area contributed by atoms with Crippen molar-refractivity contribution in [2.75, 3.05) is 14.2 Å². The van der Waals surface area contributed by atoms with Crippen LogP contribution in [0.4, 0.5) is 0 Å². The number of benzene rings is 4. The van der Waals surface area contributed by atoms with Crippen LogP contribution in [0.25, 0.3) is 10.9 Å². The molecule has 0 unspecified atom stereocenters. The smallest absolute Gasteiger partial charge is 0.243 e. The van der Waals surface area contributed by atoms with Crippen LogP contribution in [0.2, 0.25) is 0 Å². The molecule has 44 heavy (non-hydrogen) atoms. The fraction of sp³-hybridized carbons (Fsp3) is 0.250. The monoisotopic (exact) mass is 606 g/mol. The molecule has 0 spiro atoms. The molecule has 7 rings (SSSR count). The molecule has 0 amide bonds. The van der Waals surface area contributed by atoms with Gasteiger partial charge in [-0.15, -0.1) is 0 Å². The van der Waals surface area contributed by atoms with Gasteiger partial charge < -0.3 is 14.0 Å². The second-order valence-electron chi connectivity index (χ2n) is 11.7. The lowest BCUT2D eigenvalue weighted by Gasteiger charge is -2.43. The Hall–Kier alpha value is -4.40. The summed E-state index contributed by atoms with van der Waals surface area (Å²) in [4.78, 5) is 15.1. The number of hydrogen-bond donors (Lipinski definition) is 0. The van der Waals surface area contributed by atoms with E-state index in [1.54, 1.807) is 30.7 Å². The Morgan fingerprint density at radius 3 is 1.93 bits per heavy atom. The highest BCUT2D eigenvalue weighted by molar-refractivity contribution is 7.89. The lowest BCUT2D eigenvalue weighted by molar-refractivity contribution is -0.121. The molecule has 1 aromatic heterocycles. The highest BCUT2D eigenvalue weighted by Crippen LogP contribution is 2.59. The third kappa shape index (κ3) is 3.97. The van der Waals surface area contributed by atoms with Gasteiger partial charge in [0.1, 0.15) is 17.3 Å². The molecule has 2 aliphatic rings. The molecular weight excluding hydrogens is 572 g/mol. The second-order valence-corrected chi connectivity index (χ2v) is 13.6. The van der Waals surface area contributed by atoms with Crippen LogP contribution in [0.3, 0.4) is 0 Å². The Bertz CT molecular complexity index is 1950. The zero-order chi connectivity index (χ0) is 30.8. The minimum absolute atomic E-state index is 0.0206. The Balaban J connectivity index is 1.55. The van der Waals surface area contributed by atoms with Crippen molar-refractivity contribution in [3.05, 3.63) is 125 Å². The van der Waals surface area contributed by atoms with Crippen LogP contribution in [0.5, 0.6) is 11.5 Å². The van der Waals surface area contributed by atoms with Gasteiger partial charge in [-0.3, -0.25) is 4.79 Å². The van der Waals surface area contributed by atoms with Gasteiger partial charge in [0.15, 0.2) is 0 Å². The highest BCUT2D eigenvalue weighted by atomic mass is 32.2. The number of hydrogen-bond acceptors (Lipinski definition) is 5. The summed E-state index contributed by atoms with van der Waals surface area (Å²) in [5.41, 5.74) is 4.34. The maximum absolute atomic E-state index is 14.9. The van der Waals surface area contributed by atoms with Gasteiger partial charge in [0.25, 0.3) is 0 Å². The Kier molecular flexibility index (Phi) is 6.68. The van der Waals surface area contributed by atoms with E-state index in [4.69, 9.17) is 9.47 Å². The maximum atomic E-state index is 14.9. The van der Waals surface area contributed by atoms with E-state index in [1.807, 2.05) is 86.8 Å². The zero-order valence-electron chi connectivity index (χ0n) is 25.2. The minimum Gasteiger partial charge on any atom is -0.497 e. The van der Waals surface area contributed by atoms with Crippen molar-refractivity contribution >= 4 is 26.7 Å². The number of methoxy groups -OCH3 is 2. The van der Waals surface area contributed by atoms with Crippen LogP contribution in [0.1, 0.15) is 40.3 Å². The SMILES string of the molecule is COc1ccc(C2(c3ccc(OC)cc3)C(=O)C[C@@H]3[C@H]2c2c(n(C)c4ccccc24)CN3S(=O)(=O)c2ccc(C)cc2)cc1. The predicted molar refractivity (Wildman–Crippen MR) is 170 cm³/mol. The molecule has 1 saturated carbocycles. The molecule has 0 N–H and O–H groups in total. The summed E-state index contributed by atoms with van der Waals surface area (Å²) in [5.74, 6) is 0.844. The van der Waals surface area contributed by atoms with Gasteiger partial charge in [0.05, 0.1) is 31.1 Å². The standard InChI is InChI=1S/C36H34N2O5S/c1-23-9-19-28(20-10-23)44(40,41)38-22-32-34(29-7-5-6-8-30(29)37(32)2)35-31(38)21-33(39)36(35,24-11-15-26(42-3)16-12-24)25-13-17-27(43-4)18-14-25/h5-20,31,35H,21-22H2,1-4H3/t31-,35+/m1/s1. The van der Waals surface area contributed by atoms with Crippen LogP contribution < -0.4 is 9.47 Å². The summed E-state index contributed by atoms with van der Waals surface area (Å²) in [6.45, 7) is 2.11. The van der Waals surface area contributed by atoms with Crippen LogP contribution in [0, 0.1) is 6.92 Å². The van der Waals surface area contributed by atoms with E-state index in [9.17, 15) is 13.2 Å². The minimum atomic E-state index is -3.96. The number of sulfonamides is 1. The van der Waals surface area contributed by atoms with Crippen molar-refractivity contribution in [3.8, 4) is 11.5 Å². The number of aromatic nitrogens is 1. The van der Waals surface area contributed by atoms with Gasteiger partial charge in [-0.05, 0) is 66.1 Å². The Morgan fingerprint density at radius 2 is 1.36 bits per heavy atom. The Morgan fingerprint density at radius 1 is 0.795 bits per heavy atom. The summed E-state index contributed by atoms with van der Waals surface area (Å²) in [5, 5.41) is 1.04. The largest absolute Gasteiger partial charge is 0.497 e. The third-order valence-corrected chi connectivity index (χ3v) is 11.5. The van der Waals surface area contributed by atoms with E-state index in [0.717, 1.165) is 38.9 Å². The average molecular weight is 607 g/mol. The molecule has 0 bridgehead atoms. The normalized spacial score (nSPS) is 19.5. The number of aryl methyl sites for hydroxylation is 2. The van der Waals surface area contributed by atoms with E-state index in [-0.39, 0.29) is 23.6 Å². The fourth-order valence-corrected chi connectivity index (χ4v) is 9.15. The van der Waals surface area contributed by atoms with Gasteiger partial charge in [0.2, 0.25) is 10.0 Å². The van der Waals surface area contributed by atoms with Crippen LogP contribution in [0.15, 0.2) is 102 Å². The summed E-state index contributed by atoms with van der Waals surface area (Å²) in [6, 6.07) is 29.8. The highest BCUT2D eigenvalue weighted by Gasteiger charge is 2.63. The molecule has 2 atom stereocenters. The van der Waals surface area contributed by atoms with E-state index >= 15 is 0 Å². The predicted octanol–water partition coefficient (Wildman–Crippen LogP) is 6.12. The molecule has 0 radical (unpaired) electrons. The summed E-state index contributed by atoms with van der Waals surface area (Å²) in [7, 11) is 1.25. The van der Waals surface area contributed by atoms with Crippen molar-refractivity contribution < 1.29 is 22.7 Å². The van der Waals surface area contributed by atoms with Crippen molar-refractivity contribution in [1.29, 1.82) is 0 Å². The number of fused-ring (bicyclic) bond motifs is 5. The van der Waals surface area contributed by atoms with Crippen molar-refractivity contribution in [3.63, 3.8) is 0 Å². The second kappa shape index (κ2) is 10.4.